The lowest BCUT2D eigenvalue weighted by molar-refractivity contribution is -0.389. The third kappa shape index (κ3) is 2.97. The van der Waals surface area contributed by atoms with Gasteiger partial charge < -0.3 is 19.6 Å². The molecule has 1 aromatic rings. The Labute approximate surface area is 126 Å². The van der Waals surface area contributed by atoms with Gasteiger partial charge in [-0.05, 0) is 29.3 Å². The Morgan fingerprint density at radius 2 is 2.32 bits per heavy atom. The minimum absolute atomic E-state index is 0.0496. The Morgan fingerprint density at radius 1 is 1.59 bits per heavy atom. The molecule has 9 heteroatoms. The Bertz CT molecular complexity index is 618. The number of carbonyl (C=O) groups is 2. The summed E-state index contributed by atoms with van der Waals surface area (Å²) < 4.78 is 10.2. The van der Waals surface area contributed by atoms with Gasteiger partial charge in [0.1, 0.15) is 6.04 Å². The second-order valence-electron chi connectivity index (χ2n) is 4.64. The summed E-state index contributed by atoms with van der Waals surface area (Å²) in [5.74, 6) is -1.39. The van der Waals surface area contributed by atoms with E-state index in [1.165, 1.54) is 19.1 Å². The molecule has 0 radical (unpaired) electrons. The lowest BCUT2D eigenvalue weighted by Gasteiger charge is -2.29. The van der Waals surface area contributed by atoms with Gasteiger partial charge in [-0.25, -0.2) is 4.79 Å². The third-order valence-electron chi connectivity index (χ3n) is 3.04. The number of esters is 1. The molecule has 0 bridgehead atoms. The lowest BCUT2D eigenvalue weighted by atomic mass is 10.2. The molecule has 0 saturated carbocycles. The first-order valence-electron chi connectivity index (χ1n) is 6.72. The van der Waals surface area contributed by atoms with E-state index < -0.39 is 28.7 Å². The van der Waals surface area contributed by atoms with Gasteiger partial charge in [-0.15, -0.1) is 0 Å². The minimum atomic E-state index is -0.948. The van der Waals surface area contributed by atoms with Gasteiger partial charge in [0.15, 0.2) is 12.4 Å². The molecule has 22 heavy (non-hydrogen) atoms. The van der Waals surface area contributed by atoms with Crippen LogP contribution >= 0.6 is 0 Å². The van der Waals surface area contributed by atoms with Gasteiger partial charge in [-0.3, -0.25) is 9.69 Å². The SMILES string of the molecule is CCCOC(=O)C(C)N1C(=O)COc2ccc([N+](=O)[O-])nc21. The molecule has 2 rings (SSSR count). The molecule has 9 nitrogen and oxygen atoms in total. The van der Waals surface area contributed by atoms with Crippen molar-refractivity contribution in [2.24, 2.45) is 0 Å². The first-order valence-corrected chi connectivity index (χ1v) is 6.72. The molecule has 118 valence electrons. The van der Waals surface area contributed by atoms with E-state index in [1.807, 2.05) is 6.92 Å². The summed E-state index contributed by atoms with van der Waals surface area (Å²) in [6.07, 6.45) is 0.649. The first-order chi connectivity index (χ1) is 10.5. The second kappa shape index (κ2) is 6.37. The number of anilines is 1. The zero-order valence-electron chi connectivity index (χ0n) is 12.1. The van der Waals surface area contributed by atoms with Crippen molar-refractivity contribution < 1.29 is 24.0 Å². The molecular formula is C13H15N3O6. The van der Waals surface area contributed by atoms with E-state index in [1.54, 1.807) is 0 Å². The molecule has 0 aromatic carbocycles. The van der Waals surface area contributed by atoms with Crippen molar-refractivity contribution in [3.63, 3.8) is 0 Å². The highest BCUT2D eigenvalue weighted by Crippen LogP contribution is 2.33. The van der Waals surface area contributed by atoms with E-state index in [9.17, 15) is 19.7 Å². The number of rotatable bonds is 5. The van der Waals surface area contributed by atoms with Crippen molar-refractivity contribution in [1.29, 1.82) is 0 Å². The van der Waals surface area contributed by atoms with E-state index in [-0.39, 0.29) is 24.8 Å². The number of hydrogen-bond donors (Lipinski definition) is 0. The maximum absolute atomic E-state index is 12.0. The van der Waals surface area contributed by atoms with Crippen molar-refractivity contribution in [3.05, 3.63) is 22.2 Å². The van der Waals surface area contributed by atoms with Gasteiger partial charge in [0, 0.05) is 6.07 Å². The number of carbonyl (C=O) groups excluding carboxylic acids is 2. The summed E-state index contributed by atoms with van der Waals surface area (Å²) in [4.78, 5) is 39.0. The van der Waals surface area contributed by atoms with E-state index in [0.717, 1.165) is 4.90 Å². The Balaban J connectivity index is 2.35. The van der Waals surface area contributed by atoms with Gasteiger partial charge in [-0.1, -0.05) is 6.92 Å². The number of nitrogens with zero attached hydrogens (tertiary/aromatic N) is 3. The van der Waals surface area contributed by atoms with E-state index in [0.29, 0.717) is 6.42 Å². The number of aromatic nitrogens is 1. The largest absolute Gasteiger partial charge is 0.477 e. The summed E-state index contributed by atoms with van der Waals surface area (Å²) in [5, 5.41) is 10.8. The predicted molar refractivity (Wildman–Crippen MR) is 74.6 cm³/mol. The summed E-state index contributed by atoms with van der Waals surface area (Å²) >= 11 is 0. The summed E-state index contributed by atoms with van der Waals surface area (Å²) in [7, 11) is 0. The van der Waals surface area contributed by atoms with Crippen LogP contribution in [0, 0.1) is 10.1 Å². The van der Waals surface area contributed by atoms with Gasteiger partial charge in [0.2, 0.25) is 0 Å². The Hall–Kier alpha value is -2.71. The van der Waals surface area contributed by atoms with Crippen LogP contribution in [0.15, 0.2) is 12.1 Å². The average molecular weight is 309 g/mol. The molecule has 1 atom stereocenters. The smallest absolute Gasteiger partial charge is 0.366 e. The predicted octanol–water partition coefficient (Wildman–Crippen LogP) is 1.06. The van der Waals surface area contributed by atoms with Crippen molar-refractivity contribution in [3.8, 4) is 5.75 Å². The number of fused-ring (bicyclic) bond motifs is 1. The molecule has 0 N–H and O–H groups in total. The fraction of sp³-hybridized carbons (Fsp3) is 0.462. The van der Waals surface area contributed by atoms with Gasteiger partial charge >= 0.3 is 11.8 Å². The standard InChI is InChI=1S/C13H15N3O6/c1-3-6-21-13(18)8(2)15-11(17)7-22-9-4-5-10(16(19)20)14-12(9)15/h4-5,8H,3,6-7H2,1-2H3. The Morgan fingerprint density at radius 3 is 2.95 bits per heavy atom. The first kappa shape index (κ1) is 15.7. The fourth-order valence-corrected chi connectivity index (χ4v) is 1.97. The maximum atomic E-state index is 12.0. The second-order valence-corrected chi connectivity index (χ2v) is 4.64. The molecule has 0 aliphatic carbocycles. The van der Waals surface area contributed by atoms with Crippen LogP contribution in [0.25, 0.3) is 0 Å². The van der Waals surface area contributed by atoms with Crippen LogP contribution in [0.1, 0.15) is 20.3 Å². The van der Waals surface area contributed by atoms with E-state index in [4.69, 9.17) is 9.47 Å². The van der Waals surface area contributed by atoms with Gasteiger partial charge in [0.05, 0.1) is 6.61 Å². The summed E-state index contributed by atoms with van der Waals surface area (Å²) in [6, 6.07) is 1.58. The topological polar surface area (TPSA) is 112 Å². The molecule has 1 amide bonds. The van der Waals surface area contributed by atoms with Crippen LogP contribution in [0.4, 0.5) is 11.6 Å². The monoisotopic (exact) mass is 309 g/mol. The molecule has 0 saturated heterocycles. The van der Waals surface area contributed by atoms with E-state index in [2.05, 4.69) is 4.98 Å². The summed E-state index contributed by atoms with van der Waals surface area (Å²) in [5.41, 5.74) is 0. The molecular weight excluding hydrogens is 294 g/mol. The molecule has 1 unspecified atom stereocenters. The molecule has 0 spiro atoms. The van der Waals surface area contributed by atoms with Crippen LogP contribution < -0.4 is 9.64 Å². The van der Waals surface area contributed by atoms with Crippen molar-refractivity contribution in [2.75, 3.05) is 18.1 Å². The number of nitro groups is 1. The van der Waals surface area contributed by atoms with Crippen LogP contribution in [-0.4, -0.2) is 41.0 Å². The quantitative estimate of drug-likeness (QED) is 0.454. The normalized spacial score (nSPS) is 14.8. The van der Waals surface area contributed by atoms with Crippen molar-refractivity contribution >= 4 is 23.5 Å². The van der Waals surface area contributed by atoms with Crippen LogP contribution in [-0.2, 0) is 14.3 Å². The number of hydrogen-bond acceptors (Lipinski definition) is 7. The minimum Gasteiger partial charge on any atom is -0.477 e. The third-order valence-corrected chi connectivity index (χ3v) is 3.04. The Kier molecular flexibility index (Phi) is 4.54. The molecule has 1 aliphatic rings. The number of amides is 1. The van der Waals surface area contributed by atoms with Crippen LogP contribution in [0.3, 0.4) is 0 Å². The van der Waals surface area contributed by atoms with Gasteiger partial charge in [0.25, 0.3) is 11.7 Å². The van der Waals surface area contributed by atoms with Crippen molar-refractivity contribution in [1.82, 2.24) is 4.98 Å². The highest BCUT2D eigenvalue weighted by molar-refractivity contribution is 6.01. The van der Waals surface area contributed by atoms with Crippen LogP contribution in [0.2, 0.25) is 0 Å². The maximum Gasteiger partial charge on any atom is 0.366 e. The lowest BCUT2D eigenvalue weighted by Crippen LogP contribution is -2.49. The molecule has 1 aromatic heterocycles. The van der Waals surface area contributed by atoms with Crippen LogP contribution in [0.5, 0.6) is 5.75 Å². The molecule has 1 aliphatic heterocycles. The van der Waals surface area contributed by atoms with E-state index >= 15 is 0 Å². The average Bonchev–Trinajstić information content (AvgIpc) is 2.51. The molecule has 2 heterocycles. The zero-order chi connectivity index (χ0) is 16.3. The van der Waals surface area contributed by atoms with Crippen molar-refractivity contribution in [2.45, 2.75) is 26.3 Å². The summed E-state index contributed by atoms with van der Waals surface area (Å²) in [6.45, 7) is 3.29. The van der Waals surface area contributed by atoms with Gasteiger partial charge in [-0.2, -0.15) is 0 Å². The fourth-order valence-electron chi connectivity index (χ4n) is 1.97. The number of ether oxygens (including phenoxy) is 2. The number of pyridine rings is 1. The highest BCUT2D eigenvalue weighted by Gasteiger charge is 2.38. The zero-order valence-corrected chi connectivity index (χ0v) is 12.1. The highest BCUT2D eigenvalue weighted by atomic mass is 16.6. The molecule has 0 fully saturated rings.